The first-order chi connectivity index (χ1) is 7.66. The van der Waals surface area contributed by atoms with E-state index < -0.39 is 24.0 Å². The van der Waals surface area contributed by atoms with E-state index in [4.69, 9.17) is 0 Å². The van der Waals surface area contributed by atoms with Gasteiger partial charge in [-0.15, -0.1) is 0 Å². The molecule has 0 aliphatic heterocycles. The van der Waals surface area contributed by atoms with Gasteiger partial charge in [-0.2, -0.15) is 22.0 Å². The normalized spacial score (nSPS) is 14.5. The number of nitrogens with one attached hydrogen (secondary N) is 2. The molecule has 1 atom stereocenters. The van der Waals surface area contributed by atoms with Crippen LogP contribution in [0.3, 0.4) is 0 Å². The van der Waals surface area contributed by atoms with Crippen LogP contribution in [0.25, 0.3) is 0 Å². The van der Waals surface area contributed by atoms with Crippen LogP contribution in [0.2, 0.25) is 0 Å². The third kappa shape index (κ3) is 2.71. The summed E-state index contributed by atoms with van der Waals surface area (Å²) in [7, 11) is 0. The lowest BCUT2D eigenvalue weighted by molar-refractivity contribution is -0.270. The minimum atomic E-state index is -5.92. The van der Waals surface area contributed by atoms with Crippen molar-refractivity contribution in [3.8, 4) is 0 Å². The number of aromatic nitrogens is 2. The molecule has 9 heteroatoms. The maximum absolute atomic E-state index is 12.6. The minimum absolute atomic E-state index is 0.0799. The predicted octanol–water partition coefficient (Wildman–Crippen LogP) is 1.78. The summed E-state index contributed by atoms with van der Waals surface area (Å²) in [4.78, 5) is 16.9. The van der Waals surface area contributed by atoms with Crippen molar-refractivity contribution in [2.24, 2.45) is 0 Å². The van der Waals surface area contributed by atoms with Gasteiger partial charge in [-0.3, -0.25) is 4.79 Å². The lowest BCUT2D eigenvalue weighted by Crippen LogP contribution is -2.51. The number of H-pyrrole nitrogens is 1. The third-order valence-electron chi connectivity index (χ3n) is 1.92. The number of carbonyl (C=O) groups is 1. The number of imidazole rings is 1. The summed E-state index contributed by atoms with van der Waals surface area (Å²) in [6.45, 7) is 1.23. The van der Waals surface area contributed by atoms with E-state index >= 15 is 0 Å². The molecule has 1 rings (SSSR count). The Hall–Kier alpha value is -1.67. The van der Waals surface area contributed by atoms with E-state index in [1.165, 1.54) is 24.6 Å². The van der Waals surface area contributed by atoms with E-state index in [1.807, 2.05) is 0 Å². The van der Waals surface area contributed by atoms with E-state index in [-0.39, 0.29) is 5.82 Å². The monoisotopic (exact) mass is 257 g/mol. The molecule has 0 saturated carbocycles. The first-order valence-electron chi connectivity index (χ1n) is 4.41. The van der Waals surface area contributed by atoms with Gasteiger partial charge in [-0.25, -0.2) is 4.98 Å². The molecule has 0 fully saturated rings. The summed E-state index contributed by atoms with van der Waals surface area (Å²) in [6.07, 6.45) is -3.29. The highest BCUT2D eigenvalue weighted by molar-refractivity contribution is 5.84. The molecule has 1 amide bonds. The Morgan fingerprint density at radius 1 is 1.41 bits per heavy atom. The molecule has 0 aliphatic carbocycles. The Bertz CT molecular complexity index is 386. The molecule has 0 bridgehead atoms. The molecule has 4 nitrogen and oxygen atoms in total. The van der Waals surface area contributed by atoms with Gasteiger partial charge in [0.1, 0.15) is 5.82 Å². The van der Waals surface area contributed by atoms with Gasteiger partial charge >= 0.3 is 18.0 Å². The number of nitrogens with zero attached hydrogens (tertiary/aromatic N) is 1. The predicted molar refractivity (Wildman–Crippen MR) is 46.1 cm³/mol. The first-order valence-corrected chi connectivity index (χ1v) is 4.41. The summed E-state index contributed by atoms with van der Waals surface area (Å²) in [6, 6.07) is -1.08. The Kier molecular flexibility index (Phi) is 3.39. The molecule has 17 heavy (non-hydrogen) atoms. The zero-order chi connectivity index (χ0) is 13.3. The number of carbonyl (C=O) groups excluding carboxylic acids is 1. The first kappa shape index (κ1) is 13.4. The number of halogens is 5. The number of rotatable bonds is 3. The molecule has 0 aromatic carbocycles. The summed E-state index contributed by atoms with van der Waals surface area (Å²) in [5, 5.41) is 1.53. The highest BCUT2D eigenvalue weighted by atomic mass is 19.4. The zero-order valence-corrected chi connectivity index (χ0v) is 8.48. The largest absolute Gasteiger partial charge is 0.463 e. The summed E-state index contributed by atoms with van der Waals surface area (Å²) in [5.41, 5.74) is 0. The van der Waals surface area contributed by atoms with Crippen LogP contribution in [0.15, 0.2) is 12.4 Å². The summed E-state index contributed by atoms with van der Waals surface area (Å²) >= 11 is 0. The van der Waals surface area contributed by atoms with E-state index in [2.05, 4.69) is 9.97 Å². The van der Waals surface area contributed by atoms with E-state index in [0.717, 1.165) is 0 Å². The van der Waals surface area contributed by atoms with Crippen LogP contribution in [0.1, 0.15) is 18.8 Å². The van der Waals surface area contributed by atoms with E-state index in [1.54, 1.807) is 0 Å². The van der Waals surface area contributed by atoms with Gasteiger partial charge in [-0.05, 0) is 6.92 Å². The molecule has 0 radical (unpaired) electrons. The van der Waals surface area contributed by atoms with Gasteiger partial charge in [0.05, 0.1) is 6.04 Å². The molecular weight excluding hydrogens is 249 g/mol. The number of hydrogen-bond donors (Lipinski definition) is 2. The van der Waals surface area contributed by atoms with Crippen molar-refractivity contribution < 1.29 is 26.7 Å². The second-order valence-corrected chi connectivity index (χ2v) is 3.24. The van der Waals surface area contributed by atoms with Crippen LogP contribution >= 0.6 is 0 Å². The molecule has 1 aromatic heterocycles. The zero-order valence-electron chi connectivity index (χ0n) is 8.48. The van der Waals surface area contributed by atoms with Crippen molar-refractivity contribution in [3.05, 3.63) is 18.2 Å². The van der Waals surface area contributed by atoms with Crippen LogP contribution in [0.5, 0.6) is 0 Å². The lowest BCUT2D eigenvalue weighted by atomic mass is 10.2. The molecule has 96 valence electrons. The Morgan fingerprint density at radius 2 is 2.00 bits per heavy atom. The van der Waals surface area contributed by atoms with Crippen molar-refractivity contribution in [1.82, 2.24) is 15.3 Å². The van der Waals surface area contributed by atoms with Gasteiger partial charge in [-0.1, -0.05) is 0 Å². The fraction of sp³-hybridized carbons (Fsp3) is 0.500. The van der Waals surface area contributed by atoms with Gasteiger partial charge in [0.2, 0.25) is 0 Å². The maximum atomic E-state index is 12.6. The highest BCUT2D eigenvalue weighted by Crippen LogP contribution is 2.35. The number of amides is 1. The topological polar surface area (TPSA) is 57.8 Å². The van der Waals surface area contributed by atoms with Crippen LogP contribution in [0, 0.1) is 0 Å². The summed E-state index contributed by atoms with van der Waals surface area (Å²) in [5.74, 6) is -7.75. The number of hydrogen-bond acceptors (Lipinski definition) is 2. The van der Waals surface area contributed by atoms with Crippen LogP contribution < -0.4 is 5.32 Å². The fourth-order valence-electron chi connectivity index (χ4n) is 0.999. The van der Waals surface area contributed by atoms with Crippen LogP contribution in [-0.2, 0) is 4.79 Å². The molecule has 0 spiro atoms. The maximum Gasteiger partial charge on any atom is 0.463 e. The molecule has 2 N–H and O–H groups in total. The highest BCUT2D eigenvalue weighted by Gasteiger charge is 2.63. The molecular formula is C8H8F5N3O. The van der Waals surface area contributed by atoms with Crippen molar-refractivity contribution >= 4 is 5.91 Å². The van der Waals surface area contributed by atoms with Crippen LogP contribution in [-0.4, -0.2) is 28.0 Å². The molecule has 1 aromatic rings. The van der Waals surface area contributed by atoms with Gasteiger partial charge in [0, 0.05) is 12.4 Å². The molecule has 1 unspecified atom stereocenters. The van der Waals surface area contributed by atoms with Crippen molar-refractivity contribution in [2.75, 3.05) is 0 Å². The Labute approximate surface area is 92.2 Å². The van der Waals surface area contributed by atoms with E-state index in [9.17, 15) is 26.7 Å². The second-order valence-electron chi connectivity index (χ2n) is 3.24. The van der Waals surface area contributed by atoms with Gasteiger partial charge in [0.15, 0.2) is 0 Å². The standard InChI is InChI=1S/C8H8F5N3O/c1-4(5-14-2-3-15-5)16-6(17)7(9,10)8(11,12)13/h2-4H,1H3,(H,14,15)(H,16,17). The van der Waals surface area contributed by atoms with Crippen molar-refractivity contribution in [1.29, 1.82) is 0 Å². The van der Waals surface area contributed by atoms with E-state index in [0.29, 0.717) is 0 Å². The SMILES string of the molecule is CC(NC(=O)C(F)(F)C(F)(F)F)c1ncc[nH]1. The molecule has 1 heterocycles. The van der Waals surface area contributed by atoms with Gasteiger partial charge in [0.25, 0.3) is 0 Å². The lowest BCUT2D eigenvalue weighted by Gasteiger charge is -2.20. The smallest absolute Gasteiger partial charge is 0.347 e. The van der Waals surface area contributed by atoms with Crippen molar-refractivity contribution in [2.45, 2.75) is 25.1 Å². The Morgan fingerprint density at radius 3 is 2.41 bits per heavy atom. The number of aromatic amines is 1. The summed E-state index contributed by atoms with van der Waals surface area (Å²) < 4.78 is 60.6. The quantitative estimate of drug-likeness (QED) is 0.811. The minimum Gasteiger partial charge on any atom is -0.347 e. The van der Waals surface area contributed by atoms with Crippen LogP contribution in [0.4, 0.5) is 22.0 Å². The molecule has 0 saturated heterocycles. The average Bonchev–Trinajstić information content (AvgIpc) is 2.68. The van der Waals surface area contributed by atoms with Crippen molar-refractivity contribution in [3.63, 3.8) is 0 Å². The molecule has 0 aliphatic rings. The Balaban J connectivity index is 2.73. The fourth-order valence-corrected chi connectivity index (χ4v) is 0.999. The third-order valence-corrected chi connectivity index (χ3v) is 1.92. The van der Waals surface area contributed by atoms with Gasteiger partial charge < -0.3 is 10.3 Å². The second kappa shape index (κ2) is 4.30. The average molecular weight is 257 g/mol. The number of alkyl halides is 5.